The molecule has 7 rings (SSSR count). The van der Waals surface area contributed by atoms with E-state index < -0.39 is 0 Å². The quantitative estimate of drug-likeness (QED) is 0.211. The molecular formula is C34H50Br2ClMgN7. The Bertz CT molecular complexity index is 1110. The molecule has 4 aliphatic rings. The number of alkyl halides is 1. The van der Waals surface area contributed by atoms with Gasteiger partial charge in [-0.25, -0.2) is 9.97 Å². The van der Waals surface area contributed by atoms with Gasteiger partial charge in [0.15, 0.2) is 0 Å². The van der Waals surface area contributed by atoms with Crippen LogP contribution in [0.4, 0.5) is 5.82 Å². The van der Waals surface area contributed by atoms with Crippen molar-refractivity contribution in [3.8, 4) is 0 Å². The Kier molecular flexibility index (Phi) is 22.7. The van der Waals surface area contributed by atoms with Crippen LogP contribution in [-0.4, -0.2) is 58.3 Å². The molecule has 3 aromatic rings. The summed E-state index contributed by atoms with van der Waals surface area (Å²) in [6.07, 6.45) is 29.3. The fourth-order valence-corrected chi connectivity index (χ4v) is 5.53. The summed E-state index contributed by atoms with van der Waals surface area (Å²) in [4.78, 5) is 24.4. The summed E-state index contributed by atoms with van der Waals surface area (Å²) in [6, 6.07) is 0. The first-order chi connectivity index (χ1) is 20.8. The van der Waals surface area contributed by atoms with Crippen molar-refractivity contribution in [2.45, 2.75) is 104 Å². The van der Waals surface area contributed by atoms with Crippen LogP contribution in [0, 0.1) is 44.4 Å². The molecule has 2 N–H and O–H groups in total. The molecule has 0 radical (unpaired) electrons. The van der Waals surface area contributed by atoms with Crippen molar-refractivity contribution in [1.29, 1.82) is 0 Å². The van der Waals surface area contributed by atoms with Crippen LogP contribution in [0.15, 0.2) is 37.2 Å². The van der Waals surface area contributed by atoms with E-state index >= 15 is 0 Å². The number of aryl methyl sites for hydroxylation is 2. The zero-order valence-electron chi connectivity index (χ0n) is 27.2. The molecule has 0 unspecified atom stereocenters. The smallest absolute Gasteiger partial charge is 1.00 e. The molecule has 0 spiro atoms. The molecule has 0 aliphatic heterocycles. The van der Waals surface area contributed by atoms with Crippen molar-refractivity contribution in [3.05, 3.63) is 72.0 Å². The van der Waals surface area contributed by atoms with Crippen LogP contribution in [0.3, 0.4) is 0 Å². The molecule has 45 heavy (non-hydrogen) atoms. The normalized spacial score (nSPS) is 16.9. The number of hydrogen-bond acceptors (Lipinski definition) is 7. The third-order valence-corrected chi connectivity index (χ3v) is 9.44. The molecule has 0 aromatic carbocycles. The van der Waals surface area contributed by atoms with Gasteiger partial charge in [-0.3, -0.25) is 19.9 Å². The van der Waals surface area contributed by atoms with Crippen LogP contribution in [0.25, 0.3) is 0 Å². The van der Waals surface area contributed by atoms with Crippen molar-refractivity contribution in [1.82, 2.24) is 29.9 Å². The second-order valence-electron chi connectivity index (χ2n) is 12.3. The minimum atomic E-state index is 0. The van der Waals surface area contributed by atoms with Gasteiger partial charge >= 0.3 is 23.1 Å². The molecule has 3 aromatic heterocycles. The van der Waals surface area contributed by atoms with Gasteiger partial charge in [-0.2, -0.15) is 5.92 Å². The second kappa shape index (κ2) is 24.2. The predicted octanol–water partition coefficient (Wildman–Crippen LogP) is 5.39. The Hall–Kier alpha value is -0.944. The van der Waals surface area contributed by atoms with Crippen molar-refractivity contribution >= 4 is 56.4 Å². The molecule has 0 amide bonds. The van der Waals surface area contributed by atoms with Gasteiger partial charge in [0.2, 0.25) is 0 Å². The van der Waals surface area contributed by atoms with Crippen molar-refractivity contribution in [2.75, 3.05) is 11.1 Å². The summed E-state index contributed by atoms with van der Waals surface area (Å²) in [7, 11) is 0. The van der Waals surface area contributed by atoms with Gasteiger partial charge in [0.25, 0.3) is 0 Å². The Morgan fingerprint density at radius 1 is 0.689 bits per heavy atom. The van der Waals surface area contributed by atoms with Crippen molar-refractivity contribution in [3.63, 3.8) is 0 Å². The first-order valence-corrected chi connectivity index (χ1v) is 17.5. The van der Waals surface area contributed by atoms with E-state index in [-0.39, 0.29) is 40.0 Å². The van der Waals surface area contributed by atoms with E-state index in [9.17, 15) is 0 Å². The van der Waals surface area contributed by atoms with Crippen molar-refractivity contribution in [2.24, 2.45) is 23.7 Å². The number of nitrogens with zero attached hydrogens (tertiary/aromatic N) is 6. The number of aromatic nitrogens is 6. The summed E-state index contributed by atoms with van der Waals surface area (Å²) in [6.45, 7) is 7.69. The molecular weight excluding hydrogens is 726 g/mol. The molecule has 4 fully saturated rings. The molecule has 0 atom stereocenters. The number of rotatable bonds is 5. The molecule has 0 saturated heterocycles. The standard InChI is InChI=1S/C10H14N2.C9H13N3.C5H9Br.C5H5ClN2.C5H9.BrH.Mg/c1-8-6-11-7-10(12-8)5-9-3-2-4-9;10-9-6-11-5-8(12-9)4-7-2-1-3-7;6-4-5-2-1-3-5;1-4-2-7-3-5(6)8-4;1-5-3-2-4-5;;/h6-7,9H,2-5H2,1H3;5-7H,1-4H2,(H2,10,12);5H,1-4H2;2-3H,1H3;5H,1-4H2;1H;/q;;;;-1;;+2/p-1. The maximum atomic E-state index is 5.52. The first-order valence-electron chi connectivity index (χ1n) is 16.0. The van der Waals surface area contributed by atoms with Crippen molar-refractivity contribution < 1.29 is 17.0 Å². The summed E-state index contributed by atoms with van der Waals surface area (Å²) < 4.78 is 0. The Balaban J connectivity index is 0.000000289. The number of nitrogen functional groups attached to an aromatic ring is 1. The first kappa shape index (κ1) is 42.1. The van der Waals surface area contributed by atoms with Gasteiger partial charge in [-0.1, -0.05) is 91.7 Å². The zero-order valence-corrected chi connectivity index (χ0v) is 32.5. The average molecular weight is 776 g/mol. The summed E-state index contributed by atoms with van der Waals surface area (Å²) >= 11 is 8.90. The van der Waals surface area contributed by atoms with Gasteiger partial charge in [0.1, 0.15) is 11.0 Å². The second-order valence-corrected chi connectivity index (χ2v) is 13.4. The minimum Gasteiger partial charge on any atom is -1.00 e. The summed E-state index contributed by atoms with van der Waals surface area (Å²) in [5.74, 6) is 4.11. The fraction of sp³-hybridized carbons (Fsp3) is 0.618. The molecule has 4 aliphatic carbocycles. The van der Waals surface area contributed by atoms with Crippen LogP contribution in [-0.2, 0) is 12.8 Å². The monoisotopic (exact) mass is 773 g/mol. The Morgan fingerprint density at radius 2 is 1.11 bits per heavy atom. The average Bonchev–Trinajstić information content (AvgIpc) is 2.88. The predicted molar refractivity (Wildman–Crippen MR) is 187 cm³/mol. The summed E-state index contributed by atoms with van der Waals surface area (Å²) in [5, 5.41) is 1.68. The van der Waals surface area contributed by atoms with Gasteiger partial charge in [0, 0.05) is 30.1 Å². The SMILES string of the molecule is BrCC1CCC1.Cc1cncc(CC2CCC2)n1.Cc1cncc(Cl)n1.Nc1cncc(CC2CCC2)n1.[Br-].[CH2-]C1CCC1.[Mg+2]. The van der Waals surface area contributed by atoms with E-state index in [0.29, 0.717) is 11.0 Å². The van der Waals surface area contributed by atoms with Gasteiger partial charge in [-0.05, 0) is 57.3 Å². The number of anilines is 1. The van der Waals surface area contributed by atoms with E-state index in [1.54, 1.807) is 12.4 Å². The topological polar surface area (TPSA) is 103 Å². The largest absolute Gasteiger partial charge is 2.00 e. The molecule has 3 heterocycles. The van der Waals surface area contributed by atoms with Crippen LogP contribution in [0.2, 0.25) is 5.15 Å². The van der Waals surface area contributed by atoms with E-state index in [4.69, 9.17) is 17.3 Å². The number of halogens is 3. The van der Waals surface area contributed by atoms with E-state index in [2.05, 4.69) is 52.8 Å². The maximum Gasteiger partial charge on any atom is 2.00 e. The Morgan fingerprint density at radius 3 is 1.40 bits per heavy atom. The van der Waals surface area contributed by atoms with Gasteiger partial charge in [-0.15, -0.1) is 0 Å². The third-order valence-electron chi connectivity index (χ3n) is 8.35. The zero-order chi connectivity index (χ0) is 30.9. The molecule has 7 nitrogen and oxygen atoms in total. The molecule has 244 valence electrons. The van der Waals surface area contributed by atoms with Gasteiger partial charge in [0.05, 0.1) is 35.2 Å². The third kappa shape index (κ3) is 18.3. The van der Waals surface area contributed by atoms with Crippen LogP contribution in [0.5, 0.6) is 0 Å². The molecule has 11 heteroatoms. The van der Waals surface area contributed by atoms with Crippen LogP contribution in [0.1, 0.15) is 99.8 Å². The van der Waals surface area contributed by atoms with Crippen LogP contribution < -0.4 is 22.7 Å². The summed E-state index contributed by atoms with van der Waals surface area (Å²) in [5.41, 5.74) is 9.61. The van der Waals surface area contributed by atoms with E-state index in [0.717, 1.165) is 53.6 Å². The van der Waals surface area contributed by atoms with Crippen LogP contribution >= 0.6 is 27.5 Å². The number of nitrogens with two attached hydrogens (primary N) is 1. The van der Waals surface area contributed by atoms with E-state index in [1.165, 1.54) is 94.3 Å². The molecule has 0 bridgehead atoms. The van der Waals surface area contributed by atoms with Gasteiger partial charge < -0.3 is 29.6 Å². The fourth-order valence-electron chi connectivity index (χ4n) is 4.69. The van der Waals surface area contributed by atoms with E-state index in [1.807, 2.05) is 32.4 Å². The Labute approximate surface area is 311 Å². The minimum absolute atomic E-state index is 0. The number of hydrogen-bond donors (Lipinski definition) is 1. The molecule has 4 saturated carbocycles. The maximum absolute atomic E-state index is 5.52.